The van der Waals surface area contributed by atoms with Crippen LogP contribution in [0.1, 0.15) is 40.3 Å². The second kappa shape index (κ2) is 4.97. The van der Waals surface area contributed by atoms with Crippen LogP contribution in [0.3, 0.4) is 0 Å². The Morgan fingerprint density at radius 2 is 2.06 bits per heavy atom. The predicted octanol–water partition coefficient (Wildman–Crippen LogP) is 2.29. The maximum atomic E-state index is 11.5. The van der Waals surface area contributed by atoms with E-state index >= 15 is 0 Å². The fourth-order valence-corrected chi connectivity index (χ4v) is 1.14. The van der Waals surface area contributed by atoms with E-state index in [9.17, 15) is 9.90 Å². The summed E-state index contributed by atoms with van der Waals surface area (Å²) in [6.07, 6.45) is -0.605. The first-order chi connectivity index (χ1) is 8.14. The third kappa shape index (κ3) is 4.03. The fourth-order valence-electron chi connectivity index (χ4n) is 1.14. The van der Waals surface area contributed by atoms with E-state index < -0.39 is 17.1 Å². The van der Waals surface area contributed by atoms with Crippen molar-refractivity contribution in [3.63, 3.8) is 0 Å². The van der Waals surface area contributed by atoms with Gasteiger partial charge in [-0.05, 0) is 20.8 Å². The number of ether oxygens (including phenoxy) is 1. The number of carbonyl (C=O) groups excluding carboxylic acids is 1. The number of anilines is 1. The molecule has 0 spiro atoms. The van der Waals surface area contributed by atoms with E-state index in [-0.39, 0.29) is 12.5 Å². The van der Waals surface area contributed by atoms with Gasteiger partial charge in [0, 0.05) is 11.5 Å². The standard InChI is InChI=1S/C12H20N2O4/c1-11(2,3)17-10(16)13-9-6-8(14-18-9)12(4,5)7-15/h6,15H,7H2,1-5H3,(H,13,16). The highest BCUT2D eigenvalue weighted by Crippen LogP contribution is 2.24. The normalized spacial score (nSPS) is 12.3. The highest BCUT2D eigenvalue weighted by Gasteiger charge is 2.25. The number of hydrogen-bond donors (Lipinski definition) is 2. The van der Waals surface area contributed by atoms with Crippen molar-refractivity contribution in [2.75, 3.05) is 11.9 Å². The second-order valence-corrected chi connectivity index (χ2v) is 5.75. The number of nitrogens with zero attached hydrogens (tertiary/aromatic N) is 1. The van der Waals surface area contributed by atoms with Gasteiger partial charge in [-0.15, -0.1) is 0 Å². The highest BCUT2D eigenvalue weighted by molar-refractivity contribution is 5.83. The van der Waals surface area contributed by atoms with E-state index in [2.05, 4.69) is 10.5 Å². The molecular formula is C12H20N2O4. The highest BCUT2D eigenvalue weighted by atomic mass is 16.6. The molecule has 0 atom stereocenters. The first kappa shape index (κ1) is 14.5. The largest absolute Gasteiger partial charge is 0.444 e. The molecule has 0 saturated heterocycles. The predicted molar refractivity (Wildman–Crippen MR) is 66.5 cm³/mol. The lowest BCUT2D eigenvalue weighted by Crippen LogP contribution is -2.27. The first-order valence-electron chi connectivity index (χ1n) is 5.72. The average Bonchev–Trinajstić information content (AvgIpc) is 2.63. The minimum atomic E-state index is -0.605. The van der Waals surface area contributed by atoms with Crippen molar-refractivity contribution >= 4 is 12.0 Å². The number of aromatic nitrogens is 1. The Labute approximate surface area is 106 Å². The molecule has 1 amide bonds. The average molecular weight is 256 g/mol. The summed E-state index contributed by atoms with van der Waals surface area (Å²) < 4.78 is 10.0. The zero-order valence-electron chi connectivity index (χ0n) is 11.4. The zero-order valence-corrected chi connectivity index (χ0v) is 11.4. The maximum absolute atomic E-state index is 11.5. The first-order valence-corrected chi connectivity index (χ1v) is 5.72. The Balaban J connectivity index is 2.68. The number of amides is 1. The monoisotopic (exact) mass is 256 g/mol. The van der Waals surface area contributed by atoms with Crippen molar-refractivity contribution in [1.82, 2.24) is 5.16 Å². The lowest BCUT2D eigenvalue weighted by Gasteiger charge is -2.19. The molecule has 0 aromatic carbocycles. The molecule has 0 bridgehead atoms. The number of rotatable bonds is 3. The van der Waals surface area contributed by atoms with E-state index in [0.29, 0.717) is 5.69 Å². The quantitative estimate of drug-likeness (QED) is 0.866. The summed E-state index contributed by atoms with van der Waals surface area (Å²) in [6, 6.07) is 1.57. The fraction of sp³-hybridized carbons (Fsp3) is 0.667. The molecule has 6 nitrogen and oxygen atoms in total. The van der Waals surface area contributed by atoms with Crippen molar-refractivity contribution in [3.8, 4) is 0 Å². The molecule has 18 heavy (non-hydrogen) atoms. The van der Waals surface area contributed by atoms with Crippen molar-refractivity contribution in [2.24, 2.45) is 0 Å². The van der Waals surface area contributed by atoms with Gasteiger partial charge in [-0.2, -0.15) is 0 Å². The molecule has 1 rings (SSSR count). The van der Waals surface area contributed by atoms with Crippen LogP contribution in [-0.2, 0) is 10.2 Å². The zero-order chi connectivity index (χ0) is 14.0. The van der Waals surface area contributed by atoms with Crippen LogP contribution >= 0.6 is 0 Å². The molecule has 6 heteroatoms. The van der Waals surface area contributed by atoms with Gasteiger partial charge < -0.3 is 14.4 Å². The van der Waals surface area contributed by atoms with Gasteiger partial charge in [0.1, 0.15) is 5.60 Å². The van der Waals surface area contributed by atoms with Gasteiger partial charge in [0.05, 0.1) is 12.3 Å². The Morgan fingerprint density at radius 1 is 1.44 bits per heavy atom. The SMILES string of the molecule is CC(C)(C)OC(=O)Nc1cc(C(C)(C)CO)no1. The summed E-state index contributed by atoms with van der Waals surface area (Å²) in [7, 11) is 0. The van der Waals surface area contributed by atoms with Gasteiger partial charge in [0.2, 0.25) is 5.88 Å². The number of carbonyl (C=O) groups is 1. The summed E-state index contributed by atoms with van der Waals surface area (Å²) in [5.74, 6) is 0.195. The molecule has 0 radical (unpaired) electrons. The van der Waals surface area contributed by atoms with E-state index in [1.54, 1.807) is 26.8 Å². The molecule has 0 saturated carbocycles. The third-order valence-electron chi connectivity index (χ3n) is 2.22. The number of aliphatic hydroxyl groups is 1. The van der Waals surface area contributed by atoms with Gasteiger partial charge in [0.15, 0.2) is 0 Å². The summed E-state index contributed by atoms with van der Waals surface area (Å²) in [5.41, 5.74) is -0.523. The van der Waals surface area contributed by atoms with Crippen LogP contribution in [0.4, 0.5) is 10.7 Å². The topological polar surface area (TPSA) is 84.6 Å². The third-order valence-corrected chi connectivity index (χ3v) is 2.22. The molecule has 0 unspecified atom stereocenters. The molecule has 0 aliphatic rings. The van der Waals surface area contributed by atoms with Crippen LogP contribution in [0.15, 0.2) is 10.6 Å². The second-order valence-electron chi connectivity index (χ2n) is 5.75. The lowest BCUT2D eigenvalue weighted by molar-refractivity contribution is 0.0631. The van der Waals surface area contributed by atoms with Gasteiger partial charge in [0.25, 0.3) is 0 Å². The van der Waals surface area contributed by atoms with Crippen LogP contribution in [0.2, 0.25) is 0 Å². The molecule has 0 aliphatic heterocycles. The van der Waals surface area contributed by atoms with Gasteiger partial charge >= 0.3 is 6.09 Å². The van der Waals surface area contributed by atoms with Gasteiger partial charge in [-0.25, -0.2) is 4.79 Å². The molecule has 1 aromatic rings. The molecule has 0 aliphatic carbocycles. The summed E-state index contributed by atoms with van der Waals surface area (Å²) >= 11 is 0. The van der Waals surface area contributed by atoms with Gasteiger partial charge in [-0.1, -0.05) is 19.0 Å². The summed E-state index contributed by atoms with van der Waals surface area (Å²) in [5, 5.41) is 15.4. The number of nitrogens with one attached hydrogen (secondary N) is 1. The minimum absolute atomic E-state index is 0.0641. The van der Waals surface area contributed by atoms with Crippen molar-refractivity contribution in [3.05, 3.63) is 11.8 Å². The van der Waals surface area contributed by atoms with Crippen LogP contribution in [0.5, 0.6) is 0 Å². The smallest absolute Gasteiger partial charge is 0.414 e. The molecule has 2 N–H and O–H groups in total. The number of hydrogen-bond acceptors (Lipinski definition) is 5. The molecule has 0 fully saturated rings. The van der Waals surface area contributed by atoms with Gasteiger partial charge in [-0.3, -0.25) is 5.32 Å². The summed E-state index contributed by atoms with van der Waals surface area (Å²) in [6.45, 7) is 8.89. The van der Waals surface area contributed by atoms with Crippen LogP contribution < -0.4 is 5.32 Å². The van der Waals surface area contributed by atoms with Crippen LogP contribution in [0, 0.1) is 0 Å². The maximum Gasteiger partial charge on any atom is 0.414 e. The van der Waals surface area contributed by atoms with Crippen LogP contribution in [-0.4, -0.2) is 28.6 Å². The Morgan fingerprint density at radius 3 is 2.56 bits per heavy atom. The molecule has 102 valence electrons. The minimum Gasteiger partial charge on any atom is -0.444 e. The van der Waals surface area contributed by atoms with Crippen molar-refractivity contribution in [2.45, 2.75) is 45.6 Å². The Bertz CT molecular complexity index is 418. The van der Waals surface area contributed by atoms with E-state index in [4.69, 9.17) is 9.26 Å². The Kier molecular flexibility index (Phi) is 4.01. The molecule has 1 aromatic heterocycles. The number of aliphatic hydroxyl groups excluding tert-OH is 1. The lowest BCUT2D eigenvalue weighted by atomic mass is 9.91. The molecule has 1 heterocycles. The Hall–Kier alpha value is -1.56. The van der Waals surface area contributed by atoms with E-state index in [1.165, 1.54) is 0 Å². The van der Waals surface area contributed by atoms with Crippen molar-refractivity contribution in [1.29, 1.82) is 0 Å². The van der Waals surface area contributed by atoms with Crippen molar-refractivity contribution < 1.29 is 19.2 Å². The molecular weight excluding hydrogens is 236 g/mol. The van der Waals surface area contributed by atoms with E-state index in [0.717, 1.165) is 0 Å². The van der Waals surface area contributed by atoms with E-state index in [1.807, 2.05) is 13.8 Å². The van der Waals surface area contributed by atoms with Crippen LogP contribution in [0.25, 0.3) is 0 Å². The summed E-state index contributed by atoms with van der Waals surface area (Å²) in [4.78, 5) is 11.5.